The first-order chi connectivity index (χ1) is 14.2. The number of hydrogen-bond donors (Lipinski definition) is 0. The van der Waals surface area contributed by atoms with Crippen LogP contribution in [0, 0.1) is 0 Å². The highest BCUT2D eigenvalue weighted by atomic mass is 15.3. The topological polar surface area (TPSA) is 67.9 Å². The van der Waals surface area contributed by atoms with E-state index in [1.54, 1.807) is 6.33 Å². The number of anilines is 2. The van der Waals surface area contributed by atoms with Gasteiger partial charge in [0.2, 0.25) is 0 Å². The zero-order valence-corrected chi connectivity index (χ0v) is 16.7. The van der Waals surface area contributed by atoms with E-state index in [0.717, 1.165) is 61.1 Å². The normalized spacial score (nSPS) is 14.7. The van der Waals surface area contributed by atoms with E-state index >= 15 is 0 Å². The Morgan fingerprint density at radius 1 is 0.966 bits per heavy atom. The molecule has 4 heterocycles. The van der Waals surface area contributed by atoms with Gasteiger partial charge in [-0.3, -0.25) is 4.68 Å². The minimum Gasteiger partial charge on any atom is -0.368 e. The molecule has 0 amide bonds. The monoisotopic (exact) mass is 388 g/mol. The Morgan fingerprint density at radius 3 is 2.45 bits per heavy atom. The first-order valence-electron chi connectivity index (χ1n) is 10.00. The van der Waals surface area contributed by atoms with Crippen LogP contribution in [0.3, 0.4) is 0 Å². The Balaban J connectivity index is 1.44. The van der Waals surface area contributed by atoms with Gasteiger partial charge in [0, 0.05) is 51.7 Å². The summed E-state index contributed by atoms with van der Waals surface area (Å²) in [5.74, 6) is 1.77. The van der Waals surface area contributed by atoms with E-state index in [0.29, 0.717) is 0 Å². The van der Waals surface area contributed by atoms with Gasteiger partial charge >= 0.3 is 0 Å². The van der Waals surface area contributed by atoms with Gasteiger partial charge in [-0.2, -0.15) is 5.10 Å². The van der Waals surface area contributed by atoms with Crippen molar-refractivity contribution in [3.63, 3.8) is 0 Å². The first kappa shape index (κ1) is 17.7. The second-order valence-corrected chi connectivity index (χ2v) is 7.26. The largest absolute Gasteiger partial charge is 0.368 e. The molecule has 1 aliphatic heterocycles. The molecular weight excluding hydrogens is 364 g/mol. The van der Waals surface area contributed by atoms with Crippen LogP contribution in [-0.4, -0.2) is 55.5 Å². The molecule has 0 radical (unpaired) electrons. The van der Waals surface area contributed by atoms with Gasteiger partial charge in [0.25, 0.3) is 0 Å². The van der Waals surface area contributed by atoms with E-state index in [4.69, 9.17) is 4.98 Å². The molecule has 0 bridgehead atoms. The Bertz CT molecular complexity index is 1120. The predicted molar refractivity (Wildman–Crippen MR) is 114 cm³/mol. The summed E-state index contributed by atoms with van der Waals surface area (Å²) in [6, 6.07) is 10.6. The Labute approximate surface area is 169 Å². The summed E-state index contributed by atoms with van der Waals surface area (Å²) in [7, 11) is 2.00. The van der Waals surface area contributed by atoms with Gasteiger partial charge in [-0.1, -0.05) is 18.2 Å². The van der Waals surface area contributed by atoms with Crippen molar-refractivity contribution < 1.29 is 0 Å². The van der Waals surface area contributed by atoms with Crippen LogP contribution in [0.25, 0.3) is 22.6 Å². The van der Waals surface area contributed by atoms with Crippen LogP contribution < -0.4 is 9.80 Å². The van der Waals surface area contributed by atoms with Crippen LogP contribution in [0.15, 0.2) is 49.1 Å². The van der Waals surface area contributed by atoms with Crippen molar-refractivity contribution in [1.29, 1.82) is 0 Å². The minimum absolute atomic E-state index is 0.834. The number of aryl methyl sites for hydroxylation is 2. The second kappa shape index (κ2) is 7.20. The van der Waals surface area contributed by atoms with Gasteiger partial charge in [0.1, 0.15) is 12.2 Å². The summed E-state index contributed by atoms with van der Waals surface area (Å²) >= 11 is 0. The van der Waals surface area contributed by atoms with Crippen LogP contribution in [-0.2, 0) is 13.6 Å². The third-order valence-electron chi connectivity index (χ3n) is 5.55. The van der Waals surface area contributed by atoms with Crippen molar-refractivity contribution in [2.24, 2.45) is 7.05 Å². The fourth-order valence-corrected chi connectivity index (χ4v) is 3.94. The van der Waals surface area contributed by atoms with Crippen molar-refractivity contribution >= 4 is 22.7 Å². The van der Waals surface area contributed by atoms with E-state index < -0.39 is 0 Å². The maximum absolute atomic E-state index is 4.91. The van der Waals surface area contributed by atoms with Crippen molar-refractivity contribution in [2.45, 2.75) is 13.5 Å². The lowest BCUT2D eigenvalue weighted by Crippen LogP contribution is -2.46. The maximum Gasteiger partial charge on any atom is 0.165 e. The van der Waals surface area contributed by atoms with Gasteiger partial charge in [0.05, 0.1) is 11.8 Å². The molecule has 8 nitrogen and oxygen atoms in total. The van der Waals surface area contributed by atoms with Crippen molar-refractivity contribution in [3.05, 3.63) is 49.1 Å². The zero-order valence-electron chi connectivity index (χ0n) is 16.7. The summed E-state index contributed by atoms with van der Waals surface area (Å²) in [6.07, 6.45) is 5.52. The molecule has 0 spiro atoms. The van der Waals surface area contributed by atoms with Crippen molar-refractivity contribution in [2.75, 3.05) is 36.0 Å². The van der Waals surface area contributed by atoms with Crippen LogP contribution in [0.5, 0.6) is 0 Å². The molecule has 0 unspecified atom stereocenters. The number of imidazole rings is 1. The van der Waals surface area contributed by atoms with Crippen LogP contribution in [0.4, 0.5) is 11.5 Å². The minimum atomic E-state index is 0.834. The highest BCUT2D eigenvalue weighted by Gasteiger charge is 2.23. The predicted octanol–water partition coefficient (Wildman–Crippen LogP) is 2.57. The SMILES string of the molecule is CCn1cc(-c2nc3c(N4CCN(c5ccccc5)CC4)ncnc3n2C)cn1. The molecule has 1 saturated heterocycles. The van der Waals surface area contributed by atoms with Gasteiger partial charge in [-0.05, 0) is 19.1 Å². The molecule has 148 valence electrons. The number of fused-ring (bicyclic) bond motifs is 1. The summed E-state index contributed by atoms with van der Waals surface area (Å²) in [4.78, 5) is 18.7. The molecule has 1 fully saturated rings. The fraction of sp³-hybridized carbons (Fsp3) is 0.333. The second-order valence-electron chi connectivity index (χ2n) is 7.26. The third-order valence-corrected chi connectivity index (χ3v) is 5.55. The van der Waals surface area contributed by atoms with E-state index in [1.165, 1.54) is 5.69 Å². The lowest BCUT2D eigenvalue weighted by molar-refractivity contribution is 0.648. The van der Waals surface area contributed by atoms with Crippen LogP contribution in [0.1, 0.15) is 6.92 Å². The molecule has 0 aliphatic carbocycles. The lowest BCUT2D eigenvalue weighted by atomic mass is 10.2. The average Bonchev–Trinajstić information content (AvgIpc) is 3.39. The number of nitrogens with zero attached hydrogens (tertiary/aromatic N) is 8. The molecular formula is C21H24N8. The number of benzene rings is 1. The smallest absolute Gasteiger partial charge is 0.165 e. The van der Waals surface area contributed by atoms with Crippen molar-refractivity contribution in [1.82, 2.24) is 29.3 Å². The molecule has 29 heavy (non-hydrogen) atoms. The summed E-state index contributed by atoms with van der Waals surface area (Å²) in [6.45, 7) is 6.63. The fourth-order valence-electron chi connectivity index (χ4n) is 3.94. The average molecular weight is 388 g/mol. The highest BCUT2D eigenvalue weighted by molar-refractivity contribution is 5.86. The number of hydrogen-bond acceptors (Lipinski definition) is 6. The quantitative estimate of drug-likeness (QED) is 0.535. The molecule has 8 heteroatoms. The summed E-state index contributed by atoms with van der Waals surface area (Å²) in [5, 5.41) is 4.38. The Hall–Kier alpha value is -3.42. The Kier molecular flexibility index (Phi) is 4.38. The molecule has 0 atom stereocenters. The molecule has 3 aromatic heterocycles. The van der Waals surface area contributed by atoms with Gasteiger partial charge in [-0.15, -0.1) is 0 Å². The summed E-state index contributed by atoms with van der Waals surface area (Å²) in [5.41, 5.74) is 3.96. The number of para-hydroxylation sites is 1. The van der Waals surface area contributed by atoms with E-state index in [2.05, 4.69) is 62.1 Å². The highest BCUT2D eigenvalue weighted by Crippen LogP contribution is 2.28. The standard InChI is InChI=1S/C21H24N8/c1-3-29-14-16(13-24-29)19-25-18-20(26(19)2)22-15-23-21(18)28-11-9-27(10-12-28)17-7-5-4-6-8-17/h4-8,13-15H,3,9-12H2,1-2H3. The molecule has 0 N–H and O–H groups in total. The van der Waals surface area contributed by atoms with E-state index in [1.807, 2.05) is 28.7 Å². The first-order valence-corrected chi connectivity index (χ1v) is 10.00. The summed E-state index contributed by atoms with van der Waals surface area (Å²) < 4.78 is 3.93. The Morgan fingerprint density at radius 2 is 1.72 bits per heavy atom. The van der Waals surface area contributed by atoms with Gasteiger partial charge in [-0.25, -0.2) is 15.0 Å². The number of piperazine rings is 1. The van der Waals surface area contributed by atoms with Crippen LogP contribution >= 0.6 is 0 Å². The number of aromatic nitrogens is 6. The molecule has 1 aromatic carbocycles. The van der Waals surface area contributed by atoms with E-state index in [9.17, 15) is 0 Å². The van der Waals surface area contributed by atoms with Gasteiger partial charge in [0.15, 0.2) is 17.0 Å². The van der Waals surface area contributed by atoms with Gasteiger partial charge < -0.3 is 14.4 Å². The van der Waals surface area contributed by atoms with Crippen LogP contribution in [0.2, 0.25) is 0 Å². The third kappa shape index (κ3) is 3.10. The zero-order chi connectivity index (χ0) is 19.8. The maximum atomic E-state index is 4.91. The number of rotatable bonds is 4. The van der Waals surface area contributed by atoms with E-state index in [-0.39, 0.29) is 0 Å². The molecule has 1 aliphatic rings. The molecule has 0 saturated carbocycles. The lowest BCUT2D eigenvalue weighted by Gasteiger charge is -2.36. The molecule has 5 rings (SSSR count). The molecule has 4 aromatic rings. The van der Waals surface area contributed by atoms with Crippen molar-refractivity contribution in [3.8, 4) is 11.4 Å².